The van der Waals surface area contributed by atoms with Gasteiger partial charge in [0.15, 0.2) is 5.82 Å². The van der Waals surface area contributed by atoms with Crippen molar-refractivity contribution < 1.29 is 4.79 Å². The number of nitrogens with zero attached hydrogens (tertiary/aromatic N) is 3. The van der Waals surface area contributed by atoms with Gasteiger partial charge in [-0.2, -0.15) is 10.2 Å². The minimum atomic E-state index is -0.293. The summed E-state index contributed by atoms with van der Waals surface area (Å²) in [5.74, 6) is 0.178. The molecule has 0 aliphatic rings. The zero-order chi connectivity index (χ0) is 19.5. The molecule has 140 valence electrons. The monoisotopic (exact) mass is 391 g/mol. The van der Waals surface area contributed by atoms with Crippen LogP contribution in [-0.2, 0) is 6.54 Å². The van der Waals surface area contributed by atoms with Crippen LogP contribution in [0.15, 0.2) is 66.9 Å². The number of nitrogens with one attached hydrogen (secondary N) is 2. The average molecular weight is 392 g/mol. The molecule has 4 aromatic rings. The van der Waals surface area contributed by atoms with Gasteiger partial charge in [-0.15, -0.1) is 0 Å². The molecule has 0 atom stereocenters. The third-order valence-electron chi connectivity index (χ3n) is 4.29. The van der Waals surface area contributed by atoms with E-state index in [0.29, 0.717) is 23.1 Å². The molecule has 2 aromatic carbocycles. The van der Waals surface area contributed by atoms with Crippen LogP contribution < -0.4 is 5.32 Å². The fourth-order valence-electron chi connectivity index (χ4n) is 2.83. The Hall–Kier alpha value is -3.38. The molecule has 4 rings (SSSR count). The number of H-pyrrole nitrogens is 1. The molecule has 0 saturated heterocycles. The van der Waals surface area contributed by atoms with Crippen LogP contribution in [0.5, 0.6) is 0 Å². The Morgan fingerprint density at radius 1 is 1.14 bits per heavy atom. The van der Waals surface area contributed by atoms with Crippen LogP contribution in [0.25, 0.3) is 11.3 Å². The number of aryl methyl sites for hydroxylation is 1. The summed E-state index contributed by atoms with van der Waals surface area (Å²) in [7, 11) is 0. The second-order valence-corrected chi connectivity index (χ2v) is 6.95. The van der Waals surface area contributed by atoms with Gasteiger partial charge in [0.1, 0.15) is 5.69 Å². The van der Waals surface area contributed by atoms with Gasteiger partial charge in [0.25, 0.3) is 5.91 Å². The Morgan fingerprint density at radius 2 is 1.96 bits per heavy atom. The highest BCUT2D eigenvalue weighted by molar-refractivity contribution is 6.30. The molecule has 0 spiro atoms. The van der Waals surface area contributed by atoms with Crippen molar-refractivity contribution in [3.05, 3.63) is 88.7 Å². The summed E-state index contributed by atoms with van der Waals surface area (Å²) in [4.78, 5) is 12.5. The number of carbonyl (C=O) groups excluding carboxylic acids is 1. The number of rotatable bonds is 5. The molecular formula is C21H18ClN5O. The van der Waals surface area contributed by atoms with Gasteiger partial charge in [-0.25, -0.2) is 0 Å². The first-order valence-electron chi connectivity index (χ1n) is 8.78. The SMILES string of the molecule is Cc1ccc(-c2cc(C(=O)Nc3ccn(Cc4cccc(Cl)c4)n3)[nH]n2)cc1. The minimum absolute atomic E-state index is 0.293. The first-order valence-corrected chi connectivity index (χ1v) is 9.16. The van der Waals surface area contributed by atoms with E-state index in [2.05, 4.69) is 20.6 Å². The lowest BCUT2D eigenvalue weighted by atomic mass is 10.1. The summed E-state index contributed by atoms with van der Waals surface area (Å²) in [6, 6.07) is 19.0. The zero-order valence-corrected chi connectivity index (χ0v) is 15.9. The Morgan fingerprint density at radius 3 is 2.75 bits per heavy atom. The van der Waals surface area contributed by atoms with E-state index in [1.165, 1.54) is 5.56 Å². The molecule has 1 amide bonds. The Balaban J connectivity index is 1.43. The molecule has 0 aliphatic heterocycles. The van der Waals surface area contributed by atoms with Gasteiger partial charge in [-0.3, -0.25) is 14.6 Å². The maximum atomic E-state index is 12.5. The molecule has 2 aromatic heterocycles. The molecular weight excluding hydrogens is 374 g/mol. The summed E-state index contributed by atoms with van der Waals surface area (Å²) >= 11 is 6.01. The van der Waals surface area contributed by atoms with Crippen LogP contribution in [0, 0.1) is 6.92 Å². The first-order chi connectivity index (χ1) is 13.6. The van der Waals surface area contributed by atoms with Crippen LogP contribution in [0.2, 0.25) is 5.02 Å². The summed E-state index contributed by atoms with van der Waals surface area (Å²) in [5, 5.41) is 14.9. The van der Waals surface area contributed by atoms with E-state index in [-0.39, 0.29) is 5.91 Å². The lowest BCUT2D eigenvalue weighted by molar-refractivity contribution is 0.102. The molecule has 0 aliphatic carbocycles. The van der Waals surface area contributed by atoms with Crippen LogP contribution in [0.4, 0.5) is 5.82 Å². The van der Waals surface area contributed by atoms with Crippen molar-refractivity contribution >= 4 is 23.3 Å². The number of anilines is 1. The fraction of sp³-hybridized carbons (Fsp3) is 0.0952. The molecule has 0 fully saturated rings. The number of hydrogen-bond donors (Lipinski definition) is 2. The smallest absolute Gasteiger partial charge is 0.274 e. The number of aromatic nitrogens is 4. The quantitative estimate of drug-likeness (QED) is 0.524. The summed E-state index contributed by atoms with van der Waals surface area (Å²) < 4.78 is 1.74. The van der Waals surface area contributed by atoms with Gasteiger partial charge in [0, 0.05) is 22.8 Å². The highest BCUT2D eigenvalue weighted by atomic mass is 35.5. The van der Waals surface area contributed by atoms with Crippen molar-refractivity contribution in [1.29, 1.82) is 0 Å². The highest BCUT2D eigenvalue weighted by Crippen LogP contribution is 2.19. The average Bonchev–Trinajstić information content (AvgIpc) is 3.32. The predicted molar refractivity (Wildman–Crippen MR) is 109 cm³/mol. The lowest BCUT2D eigenvalue weighted by Crippen LogP contribution is -2.13. The maximum absolute atomic E-state index is 12.5. The molecule has 7 heteroatoms. The van der Waals surface area contributed by atoms with Crippen LogP contribution in [0.3, 0.4) is 0 Å². The number of carbonyl (C=O) groups is 1. The lowest BCUT2D eigenvalue weighted by Gasteiger charge is -2.03. The van der Waals surface area contributed by atoms with Gasteiger partial charge in [-0.1, -0.05) is 53.6 Å². The van der Waals surface area contributed by atoms with E-state index in [1.807, 2.05) is 55.5 Å². The van der Waals surface area contributed by atoms with Crippen LogP contribution in [-0.4, -0.2) is 25.9 Å². The normalized spacial score (nSPS) is 10.8. The van der Waals surface area contributed by atoms with Gasteiger partial charge in [0.05, 0.1) is 12.2 Å². The van der Waals surface area contributed by atoms with E-state index in [0.717, 1.165) is 16.8 Å². The van der Waals surface area contributed by atoms with Crippen LogP contribution in [0.1, 0.15) is 21.6 Å². The first kappa shape index (κ1) is 18.0. The number of benzene rings is 2. The standard InChI is InChI=1S/C21H18ClN5O/c1-14-5-7-16(8-6-14)18-12-19(25-24-18)21(28)23-20-9-10-27(26-20)13-15-3-2-4-17(22)11-15/h2-12H,13H2,1H3,(H,24,25)(H,23,26,28). The van der Waals surface area contributed by atoms with Crippen molar-refractivity contribution in [2.75, 3.05) is 5.32 Å². The topological polar surface area (TPSA) is 75.6 Å². The maximum Gasteiger partial charge on any atom is 0.274 e. The predicted octanol–water partition coefficient (Wildman–Crippen LogP) is 4.54. The Kier molecular flexibility index (Phi) is 4.95. The van der Waals surface area contributed by atoms with Crippen molar-refractivity contribution in [1.82, 2.24) is 20.0 Å². The molecule has 2 N–H and O–H groups in total. The van der Waals surface area contributed by atoms with Crippen LogP contribution >= 0.6 is 11.6 Å². The number of aromatic amines is 1. The third-order valence-corrected chi connectivity index (χ3v) is 4.52. The van der Waals surface area contributed by atoms with Crippen molar-refractivity contribution in [2.24, 2.45) is 0 Å². The molecule has 0 saturated carbocycles. The second-order valence-electron chi connectivity index (χ2n) is 6.52. The Bertz CT molecular complexity index is 1110. The van der Waals surface area contributed by atoms with E-state index >= 15 is 0 Å². The molecule has 0 unspecified atom stereocenters. The van der Waals surface area contributed by atoms with Gasteiger partial charge >= 0.3 is 0 Å². The zero-order valence-electron chi connectivity index (χ0n) is 15.2. The third kappa shape index (κ3) is 4.13. The van der Waals surface area contributed by atoms with Crippen molar-refractivity contribution in [2.45, 2.75) is 13.5 Å². The largest absolute Gasteiger partial charge is 0.304 e. The van der Waals surface area contributed by atoms with Gasteiger partial charge in [0.2, 0.25) is 0 Å². The molecule has 0 radical (unpaired) electrons. The second kappa shape index (κ2) is 7.70. The minimum Gasteiger partial charge on any atom is -0.304 e. The summed E-state index contributed by atoms with van der Waals surface area (Å²) in [6.45, 7) is 2.59. The summed E-state index contributed by atoms with van der Waals surface area (Å²) in [5.41, 5.74) is 4.25. The fourth-order valence-corrected chi connectivity index (χ4v) is 3.05. The number of halogens is 1. The molecule has 28 heavy (non-hydrogen) atoms. The molecule has 0 bridgehead atoms. The van der Waals surface area contributed by atoms with E-state index < -0.39 is 0 Å². The number of hydrogen-bond acceptors (Lipinski definition) is 3. The Labute approximate surface area is 167 Å². The van der Waals surface area contributed by atoms with E-state index in [9.17, 15) is 4.79 Å². The van der Waals surface area contributed by atoms with Gasteiger partial charge < -0.3 is 5.32 Å². The van der Waals surface area contributed by atoms with E-state index in [4.69, 9.17) is 11.6 Å². The molecule has 6 nitrogen and oxygen atoms in total. The van der Waals surface area contributed by atoms with Gasteiger partial charge in [-0.05, 0) is 30.7 Å². The molecule has 2 heterocycles. The van der Waals surface area contributed by atoms with Crippen molar-refractivity contribution in [3.63, 3.8) is 0 Å². The van der Waals surface area contributed by atoms with E-state index in [1.54, 1.807) is 23.0 Å². The number of amides is 1. The summed E-state index contributed by atoms with van der Waals surface area (Å²) in [6.07, 6.45) is 1.81. The van der Waals surface area contributed by atoms with Crippen molar-refractivity contribution in [3.8, 4) is 11.3 Å². The highest BCUT2D eigenvalue weighted by Gasteiger charge is 2.12.